The summed E-state index contributed by atoms with van der Waals surface area (Å²) >= 11 is 0. The van der Waals surface area contributed by atoms with E-state index in [1.807, 2.05) is 36.1 Å². The summed E-state index contributed by atoms with van der Waals surface area (Å²) < 4.78 is 41.2. The van der Waals surface area contributed by atoms with Crippen molar-refractivity contribution in [2.45, 2.75) is 32.2 Å². The average Bonchev–Trinajstić information content (AvgIpc) is 2.95. The zero-order chi connectivity index (χ0) is 28.3. The number of aryl methyl sites for hydroxylation is 1. The maximum atomic E-state index is 14.1. The van der Waals surface area contributed by atoms with Gasteiger partial charge in [-0.25, -0.2) is 13.2 Å². The molecule has 5 rings (SSSR count). The summed E-state index contributed by atoms with van der Waals surface area (Å²) in [6, 6.07) is 17.9. The smallest absolute Gasteiger partial charge is 0.250 e. The summed E-state index contributed by atoms with van der Waals surface area (Å²) in [7, 11) is 0. The number of likely N-dealkylation sites (tertiary alicyclic amines) is 1. The van der Waals surface area contributed by atoms with Gasteiger partial charge in [-0.15, -0.1) is 0 Å². The van der Waals surface area contributed by atoms with E-state index in [0.29, 0.717) is 42.3 Å². The molecule has 0 aliphatic carbocycles. The van der Waals surface area contributed by atoms with Gasteiger partial charge in [0.1, 0.15) is 5.82 Å². The van der Waals surface area contributed by atoms with Crippen LogP contribution in [-0.4, -0.2) is 39.6 Å². The molecule has 0 atom stereocenters. The minimum Gasteiger partial charge on any atom is -0.353 e. The topological polar surface area (TPSA) is 64.9 Å². The van der Waals surface area contributed by atoms with Gasteiger partial charge in [0.15, 0.2) is 0 Å². The number of anilines is 1. The van der Waals surface area contributed by atoms with E-state index in [9.17, 15) is 13.2 Å². The zero-order valence-electron chi connectivity index (χ0n) is 22.2. The maximum Gasteiger partial charge on any atom is 0.250 e. The Bertz CT molecular complexity index is 1540. The van der Waals surface area contributed by atoms with Gasteiger partial charge in [0.2, 0.25) is 0 Å². The first kappa shape index (κ1) is 27.3. The lowest BCUT2D eigenvalue weighted by Crippen LogP contribution is -2.38. The second kappa shape index (κ2) is 11.4. The molecule has 0 radical (unpaired) electrons. The standard InChI is InChI=1S/C32H30F3N5/c1-21-7-8-24(25-15-23(17-37-18-25)20-40-13-11-32(34,35)12-14-40)16-28(21)31(36)22(2)39-26-9-10-30(38-19-26)27-5-3-4-6-29(27)33/h3-10,15-19,36,39H,2,11-14,20H2,1H3. The summed E-state index contributed by atoms with van der Waals surface area (Å²) in [5, 5.41) is 12.0. The van der Waals surface area contributed by atoms with Gasteiger partial charge in [0.05, 0.1) is 29.0 Å². The van der Waals surface area contributed by atoms with Crippen LogP contribution in [0, 0.1) is 18.2 Å². The highest BCUT2D eigenvalue weighted by Crippen LogP contribution is 2.29. The Morgan fingerprint density at radius 1 is 1.00 bits per heavy atom. The number of benzene rings is 2. The lowest BCUT2D eigenvalue weighted by Gasteiger charge is -2.31. The van der Waals surface area contributed by atoms with Crippen molar-refractivity contribution in [1.29, 1.82) is 5.41 Å². The number of nitrogens with one attached hydrogen (secondary N) is 2. The number of allylic oxidation sites excluding steroid dienone is 1. The molecule has 3 heterocycles. The molecule has 1 aliphatic rings. The minimum absolute atomic E-state index is 0.118. The molecular weight excluding hydrogens is 511 g/mol. The quantitative estimate of drug-likeness (QED) is 0.227. The van der Waals surface area contributed by atoms with Crippen molar-refractivity contribution in [3.63, 3.8) is 0 Å². The molecule has 1 aliphatic heterocycles. The predicted octanol–water partition coefficient (Wildman–Crippen LogP) is 7.48. The molecule has 0 unspecified atom stereocenters. The molecule has 1 fully saturated rings. The largest absolute Gasteiger partial charge is 0.353 e. The molecule has 40 heavy (non-hydrogen) atoms. The Balaban J connectivity index is 1.28. The monoisotopic (exact) mass is 541 g/mol. The van der Waals surface area contributed by atoms with E-state index in [1.165, 1.54) is 6.07 Å². The van der Waals surface area contributed by atoms with Gasteiger partial charge in [0, 0.05) is 61.6 Å². The van der Waals surface area contributed by atoms with Crippen LogP contribution in [-0.2, 0) is 6.54 Å². The summed E-state index contributed by atoms with van der Waals surface area (Å²) in [6.45, 7) is 7.28. The second-order valence-electron chi connectivity index (χ2n) is 10.1. The Hall–Kier alpha value is -4.30. The van der Waals surface area contributed by atoms with Gasteiger partial charge >= 0.3 is 0 Å². The van der Waals surface area contributed by atoms with Crippen molar-refractivity contribution in [1.82, 2.24) is 14.9 Å². The van der Waals surface area contributed by atoms with E-state index >= 15 is 0 Å². The SMILES string of the molecule is C=C(Nc1ccc(-c2ccccc2F)nc1)C(=N)c1cc(-c2cncc(CN3CCC(F)(F)CC3)c2)ccc1C. The lowest BCUT2D eigenvalue weighted by atomic mass is 9.96. The van der Waals surface area contributed by atoms with Crippen LogP contribution in [0.4, 0.5) is 18.9 Å². The first-order chi connectivity index (χ1) is 19.2. The summed E-state index contributed by atoms with van der Waals surface area (Å²) in [5.41, 5.74) is 6.58. The number of rotatable bonds is 8. The molecule has 2 N–H and O–H groups in total. The van der Waals surface area contributed by atoms with Gasteiger partial charge in [-0.1, -0.05) is 30.8 Å². The van der Waals surface area contributed by atoms with Crippen LogP contribution >= 0.6 is 0 Å². The van der Waals surface area contributed by atoms with Crippen molar-refractivity contribution in [2.75, 3.05) is 18.4 Å². The van der Waals surface area contributed by atoms with E-state index < -0.39 is 5.92 Å². The number of pyridine rings is 2. The molecule has 5 nitrogen and oxygen atoms in total. The minimum atomic E-state index is -2.57. The van der Waals surface area contributed by atoms with Crippen molar-refractivity contribution in [2.24, 2.45) is 0 Å². The second-order valence-corrected chi connectivity index (χ2v) is 10.1. The van der Waals surface area contributed by atoms with Crippen molar-refractivity contribution in [3.05, 3.63) is 114 Å². The van der Waals surface area contributed by atoms with E-state index in [2.05, 4.69) is 21.9 Å². The normalized spacial score (nSPS) is 15.0. The maximum absolute atomic E-state index is 14.1. The van der Waals surface area contributed by atoms with Crippen molar-refractivity contribution < 1.29 is 13.2 Å². The van der Waals surface area contributed by atoms with Gasteiger partial charge in [-0.3, -0.25) is 20.3 Å². The van der Waals surface area contributed by atoms with Crippen LogP contribution in [0.5, 0.6) is 0 Å². The first-order valence-electron chi connectivity index (χ1n) is 13.1. The van der Waals surface area contributed by atoms with Crippen LogP contribution in [0.2, 0.25) is 0 Å². The van der Waals surface area contributed by atoms with Crippen molar-refractivity contribution in [3.8, 4) is 22.4 Å². The third-order valence-electron chi connectivity index (χ3n) is 7.14. The van der Waals surface area contributed by atoms with Crippen LogP contribution in [0.3, 0.4) is 0 Å². The van der Waals surface area contributed by atoms with Crippen LogP contribution in [0.15, 0.2) is 91.5 Å². The highest BCUT2D eigenvalue weighted by Gasteiger charge is 2.33. The number of halogens is 3. The number of piperidine rings is 1. The Morgan fingerprint density at radius 2 is 1.77 bits per heavy atom. The molecule has 0 spiro atoms. The number of hydrogen-bond acceptors (Lipinski definition) is 5. The average molecular weight is 542 g/mol. The van der Waals surface area contributed by atoms with E-state index in [1.54, 1.807) is 48.9 Å². The van der Waals surface area contributed by atoms with Gasteiger partial charge in [-0.2, -0.15) is 0 Å². The predicted molar refractivity (Wildman–Crippen MR) is 153 cm³/mol. The Labute approximate surface area is 231 Å². The molecule has 1 saturated heterocycles. The van der Waals surface area contributed by atoms with Crippen LogP contribution in [0.25, 0.3) is 22.4 Å². The third-order valence-corrected chi connectivity index (χ3v) is 7.14. The van der Waals surface area contributed by atoms with E-state index in [0.717, 1.165) is 27.8 Å². The van der Waals surface area contributed by atoms with E-state index in [-0.39, 0.29) is 24.4 Å². The molecule has 0 amide bonds. The van der Waals surface area contributed by atoms with Crippen molar-refractivity contribution >= 4 is 11.4 Å². The fourth-order valence-corrected chi connectivity index (χ4v) is 4.79. The Kier molecular flexibility index (Phi) is 7.80. The fraction of sp³-hybridized carbons (Fsp3) is 0.219. The molecule has 0 saturated carbocycles. The zero-order valence-corrected chi connectivity index (χ0v) is 22.2. The third kappa shape index (κ3) is 6.29. The first-order valence-corrected chi connectivity index (χ1v) is 13.1. The highest BCUT2D eigenvalue weighted by molar-refractivity contribution is 6.13. The molecular formula is C32H30F3N5. The fourth-order valence-electron chi connectivity index (χ4n) is 4.79. The number of nitrogens with zero attached hydrogens (tertiary/aromatic N) is 3. The summed E-state index contributed by atoms with van der Waals surface area (Å²) in [4.78, 5) is 10.8. The number of hydrogen-bond donors (Lipinski definition) is 2. The summed E-state index contributed by atoms with van der Waals surface area (Å²) in [5.74, 6) is -2.91. The molecule has 204 valence electrons. The molecule has 8 heteroatoms. The van der Waals surface area contributed by atoms with Crippen LogP contribution < -0.4 is 5.32 Å². The number of alkyl halides is 2. The van der Waals surface area contributed by atoms with E-state index in [4.69, 9.17) is 5.41 Å². The Morgan fingerprint density at radius 3 is 2.50 bits per heavy atom. The molecule has 0 bridgehead atoms. The molecule has 2 aromatic heterocycles. The summed E-state index contributed by atoms with van der Waals surface area (Å²) in [6.07, 6.45) is 4.89. The van der Waals surface area contributed by atoms with Crippen LogP contribution in [0.1, 0.15) is 29.5 Å². The van der Waals surface area contributed by atoms with Gasteiger partial charge in [-0.05, 0) is 60.0 Å². The molecule has 4 aromatic rings. The highest BCUT2D eigenvalue weighted by atomic mass is 19.3. The van der Waals surface area contributed by atoms with Gasteiger partial charge < -0.3 is 5.32 Å². The van der Waals surface area contributed by atoms with Gasteiger partial charge in [0.25, 0.3) is 5.92 Å². The lowest BCUT2D eigenvalue weighted by molar-refractivity contribution is -0.0566. The molecule has 2 aromatic carbocycles. The number of aromatic nitrogens is 2.